The highest BCUT2D eigenvalue weighted by Gasteiger charge is 2.33. The highest BCUT2D eigenvalue weighted by Crippen LogP contribution is 2.34. The van der Waals surface area contributed by atoms with Gasteiger partial charge < -0.3 is 14.2 Å². The average molecular weight is 794 g/mol. The van der Waals surface area contributed by atoms with Crippen LogP contribution in [0.15, 0.2) is 86.2 Å². The predicted octanol–water partition coefficient (Wildman–Crippen LogP) is 6.80. The number of halogens is 3. The summed E-state index contributed by atoms with van der Waals surface area (Å²) in [6, 6.07) is 18.1. The molecular formula is C32H27BrClIN2O5S. The van der Waals surface area contributed by atoms with E-state index in [4.69, 9.17) is 25.8 Å². The lowest BCUT2D eigenvalue weighted by molar-refractivity contribution is -0.139. The Morgan fingerprint density at radius 1 is 1.12 bits per heavy atom. The summed E-state index contributed by atoms with van der Waals surface area (Å²) < 4.78 is 20.8. The molecule has 0 amide bonds. The zero-order chi connectivity index (χ0) is 30.7. The van der Waals surface area contributed by atoms with Crippen molar-refractivity contribution in [2.75, 3.05) is 13.2 Å². The second-order valence-electron chi connectivity index (χ2n) is 9.54. The fourth-order valence-corrected chi connectivity index (χ4v) is 7.78. The molecule has 0 radical (unpaired) electrons. The van der Waals surface area contributed by atoms with Gasteiger partial charge in [-0.1, -0.05) is 47.2 Å². The summed E-state index contributed by atoms with van der Waals surface area (Å²) in [7, 11) is 0. The number of allylic oxidation sites excluding steroid dienone is 1. The van der Waals surface area contributed by atoms with Crippen molar-refractivity contribution in [3.8, 4) is 11.5 Å². The molecule has 0 spiro atoms. The van der Waals surface area contributed by atoms with Crippen molar-refractivity contribution in [3.63, 3.8) is 0 Å². The molecular weight excluding hydrogens is 767 g/mol. The predicted molar refractivity (Wildman–Crippen MR) is 181 cm³/mol. The lowest BCUT2D eigenvalue weighted by atomic mass is 9.96. The number of hydrogen-bond donors (Lipinski definition) is 0. The van der Waals surface area contributed by atoms with E-state index in [9.17, 15) is 9.59 Å². The van der Waals surface area contributed by atoms with Crippen LogP contribution in [-0.4, -0.2) is 23.8 Å². The molecule has 11 heteroatoms. The van der Waals surface area contributed by atoms with Gasteiger partial charge in [0.15, 0.2) is 4.80 Å². The number of nitrogens with zero attached hydrogens (tertiary/aromatic N) is 2. The normalized spacial score (nSPS) is 14.7. The molecule has 2 heterocycles. The van der Waals surface area contributed by atoms with Crippen LogP contribution in [0.2, 0.25) is 5.02 Å². The number of thiazole rings is 1. The third-order valence-electron chi connectivity index (χ3n) is 6.61. The third-order valence-corrected chi connectivity index (χ3v) is 9.22. The Bertz CT molecular complexity index is 1880. The lowest BCUT2D eigenvalue weighted by Gasteiger charge is -2.24. The zero-order valence-electron chi connectivity index (χ0n) is 23.5. The minimum atomic E-state index is -0.692. The van der Waals surface area contributed by atoms with Gasteiger partial charge >= 0.3 is 5.97 Å². The van der Waals surface area contributed by atoms with Crippen molar-refractivity contribution in [2.24, 2.45) is 4.99 Å². The lowest BCUT2D eigenvalue weighted by Crippen LogP contribution is -2.39. The monoisotopic (exact) mass is 792 g/mol. The summed E-state index contributed by atoms with van der Waals surface area (Å²) in [6.45, 7) is 6.54. The molecule has 1 aromatic heterocycles. The number of esters is 1. The number of aromatic nitrogens is 1. The van der Waals surface area contributed by atoms with Crippen molar-refractivity contribution < 1.29 is 19.0 Å². The first kappa shape index (κ1) is 31.5. The van der Waals surface area contributed by atoms with E-state index in [0.29, 0.717) is 50.3 Å². The summed E-state index contributed by atoms with van der Waals surface area (Å²) in [5.41, 5.74) is 3.14. The number of rotatable bonds is 9. The Balaban J connectivity index is 1.54. The van der Waals surface area contributed by atoms with E-state index in [2.05, 4.69) is 43.5 Å². The Morgan fingerprint density at radius 2 is 1.88 bits per heavy atom. The Hall–Kier alpha value is -2.93. The number of ether oxygens (including phenoxy) is 3. The van der Waals surface area contributed by atoms with Gasteiger partial charge in [0, 0.05) is 5.02 Å². The molecule has 0 saturated heterocycles. The van der Waals surface area contributed by atoms with Crippen LogP contribution in [0.5, 0.6) is 11.5 Å². The Labute approximate surface area is 279 Å². The number of hydrogen-bond acceptors (Lipinski definition) is 7. The highest BCUT2D eigenvalue weighted by molar-refractivity contribution is 14.1. The van der Waals surface area contributed by atoms with E-state index in [0.717, 1.165) is 24.7 Å². The van der Waals surface area contributed by atoms with Gasteiger partial charge in [0.05, 0.1) is 43.1 Å². The zero-order valence-corrected chi connectivity index (χ0v) is 28.8. The molecule has 7 nitrogen and oxygen atoms in total. The van der Waals surface area contributed by atoms with Gasteiger partial charge in [-0.2, -0.15) is 0 Å². The molecule has 0 bridgehead atoms. The smallest absolute Gasteiger partial charge is 0.338 e. The van der Waals surface area contributed by atoms with E-state index in [1.807, 2.05) is 73.7 Å². The molecule has 43 heavy (non-hydrogen) atoms. The molecule has 0 aliphatic carbocycles. The first-order valence-electron chi connectivity index (χ1n) is 13.5. The van der Waals surface area contributed by atoms with Crippen LogP contribution in [0.3, 0.4) is 0 Å². The van der Waals surface area contributed by atoms with Crippen LogP contribution in [0.25, 0.3) is 6.08 Å². The van der Waals surface area contributed by atoms with Gasteiger partial charge in [0.2, 0.25) is 0 Å². The van der Waals surface area contributed by atoms with E-state index in [1.54, 1.807) is 18.4 Å². The van der Waals surface area contributed by atoms with Crippen LogP contribution >= 0.6 is 61.5 Å². The van der Waals surface area contributed by atoms with Crippen molar-refractivity contribution in [3.05, 3.63) is 121 Å². The van der Waals surface area contributed by atoms with Crippen molar-refractivity contribution in [2.45, 2.75) is 33.4 Å². The largest absolute Gasteiger partial charge is 0.494 e. The topological polar surface area (TPSA) is 79.1 Å². The van der Waals surface area contributed by atoms with Gasteiger partial charge in [-0.25, -0.2) is 9.79 Å². The first-order valence-corrected chi connectivity index (χ1v) is 16.6. The van der Waals surface area contributed by atoms with Crippen molar-refractivity contribution in [1.82, 2.24) is 4.57 Å². The number of carbonyl (C=O) groups excluding carboxylic acids is 1. The number of carbonyl (C=O) groups is 1. The van der Waals surface area contributed by atoms with Crippen LogP contribution in [0.4, 0.5) is 0 Å². The minimum absolute atomic E-state index is 0.211. The summed E-state index contributed by atoms with van der Waals surface area (Å²) in [5.74, 6) is 0.908. The molecule has 1 aliphatic heterocycles. The van der Waals surface area contributed by atoms with E-state index in [-0.39, 0.29) is 12.2 Å². The SMILES string of the molecule is CCOC(=O)C1=C(C)N=c2s/c(=C\c3cc(Br)c(OCc4cccc(Cl)c4)c(I)c3)c(=O)n2[C@@H]1c1ccc(OCC)cc1. The van der Waals surface area contributed by atoms with Crippen LogP contribution in [0, 0.1) is 3.57 Å². The standard InChI is InChI=1S/C32H27BrClIN2O5S/c1-4-40-23-11-9-21(10-12-23)28-27(31(39)41-5-2)18(3)36-32-37(28)30(38)26(43-32)16-20-14-24(33)29(25(35)15-20)42-17-19-7-6-8-22(34)13-19/h6-16,28H,4-5,17H2,1-3H3/b26-16-/t28-/m1/s1. The molecule has 1 atom stereocenters. The van der Waals surface area contributed by atoms with Crippen molar-refractivity contribution in [1.29, 1.82) is 0 Å². The summed E-state index contributed by atoms with van der Waals surface area (Å²) >= 11 is 13.2. The maximum Gasteiger partial charge on any atom is 0.338 e. The van der Waals surface area contributed by atoms with Gasteiger partial charge in [-0.3, -0.25) is 9.36 Å². The summed E-state index contributed by atoms with van der Waals surface area (Å²) in [5, 5.41) is 0.654. The molecule has 5 rings (SSSR count). The fraction of sp³-hybridized carbons (Fsp3) is 0.219. The fourth-order valence-electron chi connectivity index (χ4n) is 4.75. The molecule has 222 valence electrons. The quantitative estimate of drug-likeness (QED) is 0.138. The van der Waals surface area contributed by atoms with Crippen LogP contribution < -0.4 is 24.4 Å². The number of fused-ring (bicyclic) bond motifs is 1. The van der Waals surface area contributed by atoms with Gasteiger partial charge in [0.25, 0.3) is 5.56 Å². The Morgan fingerprint density at radius 3 is 2.56 bits per heavy atom. The second kappa shape index (κ2) is 13.8. The molecule has 0 saturated carbocycles. The second-order valence-corrected chi connectivity index (χ2v) is 13.0. The maximum absolute atomic E-state index is 14.0. The Kier molecular flexibility index (Phi) is 10.1. The van der Waals surface area contributed by atoms with E-state index < -0.39 is 12.0 Å². The molecule has 0 fully saturated rings. The van der Waals surface area contributed by atoms with Crippen LogP contribution in [-0.2, 0) is 16.1 Å². The molecule has 3 aromatic carbocycles. The van der Waals surface area contributed by atoms with Gasteiger partial charge in [0.1, 0.15) is 18.1 Å². The highest BCUT2D eigenvalue weighted by atomic mass is 127. The van der Waals surface area contributed by atoms with Crippen molar-refractivity contribution >= 4 is 73.5 Å². The molecule has 0 N–H and O–H groups in total. The van der Waals surface area contributed by atoms with Gasteiger partial charge in [-0.15, -0.1) is 0 Å². The maximum atomic E-state index is 14.0. The average Bonchev–Trinajstić information content (AvgIpc) is 3.26. The summed E-state index contributed by atoms with van der Waals surface area (Å²) in [4.78, 5) is 32.3. The van der Waals surface area contributed by atoms with E-state index >= 15 is 0 Å². The third kappa shape index (κ3) is 6.92. The van der Waals surface area contributed by atoms with Crippen LogP contribution in [0.1, 0.15) is 43.5 Å². The number of benzene rings is 3. The molecule has 1 aliphatic rings. The molecule has 0 unspecified atom stereocenters. The summed E-state index contributed by atoms with van der Waals surface area (Å²) in [6.07, 6.45) is 1.83. The first-order chi connectivity index (χ1) is 20.7. The van der Waals surface area contributed by atoms with Gasteiger partial charge in [-0.05, 0) is 118 Å². The molecule has 4 aromatic rings. The minimum Gasteiger partial charge on any atom is -0.494 e. The van der Waals surface area contributed by atoms with E-state index in [1.165, 1.54) is 11.3 Å².